The number of rotatable bonds is 4. The first-order valence-corrected chi connectivity index (χ1v) is 5.83. The molecule has 17 heavy (non-hydrogen) atoms. The molecule has 1 aromatic heterocycles. The minimum Gasteiger partial charge on any atom is -0.495 e. The lowest BCUT2D eigenvalue weighted by atomic mass is 10.0. The molecule has 0 saturated carbocycles. The third-order valence-corrected chi connectivity index (χ3v) is 3.59. The van der Waals surface area contributed by atoms with Gasteiger partial charge in [-0.3, -0.25) is 4.79 Å². The van der Waals surface area contributed by atoms with Crippen LogP contribution in [0.25, 0.3) is 0 Å². The Bertz CT molecular complexity index is 438. The Balaban J connectivity index is 3.02. The molecular formula is C11H15NO4S. The van der Waals surface area contributed by atoms with E-state index in [1.54, 1.807) is 11.4 Å². The molecule has 6 heteroatoms. The fraction of sp³-hybridized carbons (Fsp3) is 0.455. The Morgan fingerprint density at radius 3 is 2.53 bits per heavy atom. The van der Waals surface area contributed by atoms with Crippen molar-refractivity contribution in [1.29, 1.82) is 0 Å². The maximum absolute atomic E-state index is 12.1. The van der Waals surface area contributed by atoms with Gasteiger partial charge in [0.15, 0.2) is 0 Å². The highest BCUT2D eigenvalue weighted by Gasteiger charge is 2.36. The van der Waals surface area contributed by atoms with Gasteiger partial charge in [0.2, 0.25) is 0 Å². The number of hydrogen-bond donors (Lipinski definition) is 1. The van der Waals surface area contributed by atoms with Crippen molar-refractivity contribution in [3.05, 3.63) is 16.3 Å². The van der Waals surface area contributed by atoms with Gasteiger partial charge in [-0.15, -0.1) is 11.3 Å². The minimum atomic E-state index is -1.26. The van der Waals surface area contributed by atoms with Crippen LogP contribution in [0.1, 0.15) is 23.5 Å². The van der Waals surface area contributed by atoms with Crippen molar-refractivity contribution in [2.75, 3.05) is 14.2 Å². The second-order valence-corrected chi connectivity index (χ2v) is 4.96. The number of methoxy groups -OCH3 is 1. The van der Waals surface area contributed by atoms with Gasteiger partial charge in [0.05, 0.1) is 7.11 Å². The van der Waals surface area contributed by atoms with E-state index in [4.69, 9.17) is 9.84 Å². The van der Waals surface area contributed by atoms with Crippen molar-refractivity contribution in [3.8, 4) is 5.75 Å². The van der Waals surface area contributed by atoms with E-state index in [0.717, 1.165) is 0 Å². The fourth-order valence-electron chi connectivity index (χ4n) is 1.16. The minimum absolute atomic E-state index is 0.357. The first-order chi connectivity index (χ1) is 7.82. The highest BCUT2D eigenvalue weighted by molar-refractivity contribution is 7.12. The molecule has 1 rings (SSSR count). The summed E-state index contributed by atoms with van der Waals surface area (Å²) in [6.07, 6.45) is 0. The molecule has 0 aliphatic carbocycles. The molecule has 1 heterocycles. The van der Waals surface area contributed by atoms with E-state index in [1.165, 1.54) is 44.2 Å². The summed E-state index contributed by atoms with van der Waals surface area (Å²) in [6, 6.07) is 1.68. The molecule has 0 atom stereocenters. The molecule has 0 fully saturated rings. The zero-order valence-electron chi connectivity index (χ0n) is 10.2. The van der Waals surface area contributed by atoms with Gasteiger partial charge >= 0.3 is 5.97 Å². The van der Waals surface area contributed by atoms with Gasteiger partial charge in [-0.2, -0.15) is 0 Å². The number of hydrogen-bond acceptors (Lipinski definition) is 4. The first kappa shape index (κ1) is 13.5. The van der Waals surface area contributed by atoms with E-state index in [-0.39, 0.29) is 5.91 Å². The Morgan fingerprint density at radius 1 is 1.47 bits per heavy atom. The maximum atomic E-state index is 12.1. The molecule has 5 nitrogen and oxygen atoms in total. The lowest BCUT2D eigenvalue weighted by molar-refractivity contribution is -0.147. The monoisotopic (exact) mass is 257 g/mol. The topological polar surface area (TPSA) is 66.8 Å². The molecule has 0 bridgehead atoms. The van der Waals surface area contributed by atoms with Crippen LogP contribution in [0.2, 0.25) is 0 Å². The molecule has 94 valence electrons. The molecule has 0 aliphatic rings. The average molecular weight is 257 g/mol. The highest BCUT2D eigenvalue weighted by atomic mass is 32.1. The van der Waals surface area contributed by atoms with Crippen LogP contribution in [-0.4, -0.2) is 41.6 Å². The van der Waals surface area contributed by atoms with Gasteiger partial charge in [-0.25, -0.2) is 4.79 Å². The predicted octanol–water partition coefficient (Wildman–Crippen LogP) is 1.69. The number of thiophene rings is 1. The van der Waals surface area contributed by atoms with Crippen molar-refractivity contribution in [1.82, 2.24) is 4.90 Å². The zero-order valence-corrected chi connectivity index (χ0v) is 11.0. The second kappa shape index (κ2) is 4.75. The Kier molecular flexibility index (Phi) is 3.77. The van der Waals surface area contributed by atoms with Gasteiger partial charge in [0, 0.05) is 7.05 Å². The highest BCUT2D eigenvalue weighted by Crippen LogP contribution is 2.27. The van der Waals surface area contributed by atoms with Crippen LogP contribution in [0, 0.1) is 0 Å². The van der Waals surface area contributed by atoms with Crippen molar-refractivity contribution in [3.63, 3.8) is 0 Å². The largest absolute Gasteiger partial charge is 0.495 e. The summed E-state index contributed by atoms with van der Waals surface area (Å²) in [4.78, 5) is 24.8. The summed E-state index contributed by atoms with van der Waals surface area (Å²) in [7, 11) is 2.94. The summed E-state index contributed by atoms with van der Waals surface area (Å²) in [5.41, 5.74) is -1.26. The summed E-state index contributed by atoms with van der Waals surface area (Å²) >= 11 is 1.23. The number of likely N-dealkylation sites (N-methyl/N-ethyl adjacent to an activating group) is 1. The molecule has 0 aliphatic heterocycles. The third-order valence-electron chi connectivity index (χ3n) is 2.71. The number of nitrogens with zero attached hydrogens (tertiary/aromatic N) is 1. The molecule has 1 amide bonds. The van der Waals surface area contributed by atoms with Crippen molar-refractivity contribution in [2.24, 2.45) is 0 Å². The van der Waals surface area contributed by atoms with Crippen LogP contribution in [-0.2, 0) is 4.79 Å². The third kappa shape index (κ3) is 2.41. The molecule has 0 aromatic carbocycles. The predicted molar refractivity (Wildman–Crippen MR) is 64.7 cm³/mol. The molecule has 0 saturated heterocycles. The van der Waals surface area contributed by atoms with E-state index >= 15 is 0 Å². The van der Waals surface area contributed by atoms with Gasteiger partial charge in [0.25, 0.3) is 5.91 Å². The van der Waals surface area contributed by atoms with E-state index in [2.05, 4.69) is 0 Å². The van der Waals surface area contributed by atoms with Gasteiger partial charge in [0.1, 0.15) is 16.2 Å². The quantitative estimate of drug-likeness (QED) is 0.891. The summed E-state index contributed by atoms with van der Waals surface area (Å²) in [5.74, 6) is -0.943. The SMILES string of the molecule is COc1ccsc1C(=O)N(C)C(C)(C)C(=O)O. The molecule has 1 aromatic rings. The number of carbonyl (C=O) groups is 2. The van der Waals surface area contributed by atoms with Crippen LogP contribution < -0.4 is 4.74 Å². The number of carboxylic acids is 1. The van der Waals surface area contributed by atoms with Gasteiger partial charge in [-0.1, -0.05) is 0 Å². The fourth-order valence-corrected chi connectivity index (χ4v) is 2.00. The van der Waals surface area contributed by atoms with Crippen LogP contribution in [0.3, 0.4) is 0 Å². The average Bonchev–Trinajstić information content (AvgIpc) is 2.74. The Labute approximate surface area is 104 Å². The van der Waals surface area contributed by atoms with E-state index < -0.39 is 11.5 Å². The second-order valence-electron chi connectivity index (χ2n) is 4.05. The molecule has 1 N–H and O–H groups in total. The van der Waals surface area contributed by atoms with Crippen LogP contribution >= 0.6 is 11.3 Å². The molecular weight excluding hydrogens is 242 g/mol. The molecule has 0 unspecified atom stereocenters. The van der Waals surface area contributed by atoms with Crippen molar-refractivity contribution < 1.29 is 19.4 Å². The first-order valence-electron chi connectivity index (χ1n) is 4.95. The molecule has 0 radical (unpaired) electrons. The smallest absolute Gasteiger partial charge is 0.329 e. The summed E-state index contributed by atoms with van der Waals surface area (Å²) in [6.45, 7) is 2.96. The van der Waals surface area contributed by atoms with Gasteiger partial charge < -0.3 is 14.7 Å². The van der Waals surface area contributed by atoms with Gasteiger partial charge in [-0.05, 0) is 25.3 Å². The maximum Gasteiger partial charge on any atom is 0.329 e. The Hall–Kier alpha value is -1.56. The number of carbonyl (C=O) groups excluding carboxylic acids is 1. The number of ether oxygens (including phenoxy) is 1. The van der Waals surface area contributed by atoms with Crippen LogP contribution in [0.5, 0.6) is 5.75 Å². The number of amides is 1. The number of aliphatic carboxylic acids is 1. The van der Waals surface area contributed by atoms with E-state index in [1.807, 2.05) is 0 Å². The van der Waals surface area contributed by atoms with Crippen molar-refractivity contribution in [2.45, 2.75) is 19.4 Å². The van der Waals surface area contributed by atoms with Crippen LogP contribution in [0.15, 0.2) is 11.4 Å². The standard InChI is InChI=1S/C11H15NO4S/c1-11(2,10(14)15)12(3)9(13)8-7(16-4)5-6-17-8/h5-6H,1-4H3,(H,14,15). The molecule has 0 spiro atoms. The van der Waals surface area contributed by atoms with E-state index in [9.17, 15) is 9.59 Å². The van der Waals surface area contributed by atoms with Crippen molar-refractivity contribution >= 4 is 23.2 Å². The lowest BCUT2D eigenvalue weighted by Crippen LogP contribution is -2.50. The van der Waals surface area contributed by atoms with E-state index in [0.29, 0.717) is 10.6 Å². The zero-order chi connectivity index (χ0) is 13.2. The number of carboxylic acid groups (broad SMARTS) is 1. The summed E-state index contributed by atoms with van der Waals surface area (Å²) in [5, 5.41) is 10.8. The normalized spacial score (nSPS) is 11.1. The Morgan fingerprint density at radius 2 is 2.06 bits per heavy atom. The lowest BCUT2D eigenvalue weighted by Gasteiger charge is -2.31. The summed E-state index contributed by atoms with van der Waals surface area (Å²) < 4.78 is 5.05. The van der Waals surface area contributed by atoms with Crippen LogP contribution in [0.4, 0.5) is 0 Å².